The highest BCUT2D eigenvalue weighted by molar-refractivity contribution is 6.30. The topological polar surface area (TPSA) is 75.1 Å². The van der Waals surface area contributed by atoms with Crippen LogP contribution in [0.3, 0.4) is 0 Å². The van der Waals surface area contributed by atoms with Crippen molar-refractivity contribution in [3.63, 3.8) is 0 Å². The molecule has 2 unspecified atom stereocenters. The first-order valence-corrected chi connectivity index (χ1v) is 9.61. The summed E-state index contributed by atoms with van der Waals surface area (Å²) < 4.78 is 7.92. The van der Waals surface area contributed by atoms with E-state index in [0.29, 0.717) is 35.8 Å². The Labute approximate surface area is 166 Å². The largest absolute Gasteiger partial charge is 0.419 e. The Bertz CT molecular complexity index is 1140. The van der Waals surface area contributed by atoms with Gasteiger partial charge in [0.2, 0.25) is 17.5 Å². The average Bonchev–Trinajstić information content (AvgIpc) is 3.14. The fourth-order valence-corrected chi connectivity index (χ4v) is 4.50. The van der Waals surface area contributed by atoms with Gasteiger partial charge in [-0.15, -0.1) is 0 Å². The first kappa shape index (κ1) is 17.1. The lowest BCUT2D eigenvalue weighted by atomic mass is 9.83. The fraction of sp³-hybridized carbons (Fsp3) is 0.286. The van der Waals surface area contributed by atoms with Crippen LogP contribution < -0.4 is 10.5 Å². The van der Waals surface area contributed by atoms with Crippen LogP contribution in [0.15, 0.2) is 51.7 Å². The Hall–Kier alpha value is -3.04. The van der Waals surface area contributed by atoms with Crippen molar-refractivity contribution in [1.82, 2.24) is 9.55 Å². The summed E-state index contributed by atoms with van der Waals surface area (Å²) >= 11 is 5.96. The first-order valence-electron chi connectivity index (χ1n) is 9.24. The minimum Gasteiger partial charge on any atom is -0.419 e. The van der Waals surface area contributed by atoms with Crippen LogP contribution in [0.25, 0.3) is 11.5 Å². The number of anilines is 1. The molecule has 0 radical (unpaired) electrons. The summed E-state index contributed by atoms with van der Waals surface area (Å²) in [5.41, 5.74) is 2.18. The van der Waals surface area contributed by atoms with Crippen molar-refractivity contribution >= 4 is 17.5 Å². The van der Waals surface area contributed by atoms with Crippen molar-refractivity contribution in [3.8, 4) is 17.5 Å². The molecule has 6 nitrogen and oxygen atoms in total. The van der Waals surface area contributed by atoms with Crippen LogP contribution in [0.4, 0.5) is 5.88 Å². The van der Waals surface area contributed by atoms with Gasteiger partial charge in [-0.25, -0.2) is 0 Å². The van der Waals surface area contributed by atoms with Crippen LogP contribution in [-0.2, 0) is 6.54 Å². The van der Waals surface area contributed by atoms with Gasteiger partial charge in [-0.1, -0.05) is 17.7 Å². The van der Waals surface area contributed by atoms with Gasteiger partial charge in [0.1, 0.15) is 6.07 Å². The molecule has 0 amide bonds. The van der Waals surface area contributed by atoms with Gasteiger partial charge in [0, 0.05) is 47.9 Å². The normalized spacial score (nSPS) is 20.5. The third kappa shape index (κ3) is 2.79. The van der Waals surface area contributed by atoms with Crippen molar-refractivity contribution < 1.29 is 4.42 Å². The van der Waals surface area contributed by atoms with Gasteiger partial charge in [0.15, 0.2) is 0 Å². The second-order valence-electron chi connectivity index (χ2n) is 7.39. The lowest BCUT2D eigenvalue weighted by Crippen LogP contribution is -2.47. The standard InChI is InChI=1S/C21H17ClN4O2/c22-16-6-4-14(5-7-16)20-24-17(9-23)21(28-20)25-10-13-8-15(12-25)18-2-1-3-19(27)26(18)11-13/h1-7,13,15H,8,10-12H2. The van der Waals surface area contributed by atoms with Gasteiger partial charge in [-0.3, -0.25) is 4.79 Å². The second-order valence-corrected chi connectivity index (χ2v) is 7.83. The summed E-state index contributed by atoms with van der Waals surface area (Å²) in [6.45, 7) is 2.13. The molecule has 5 rings (SSSR count). The van der Waals surface area contributed by atoms with E-state index in [9.17, 15) is 10.1 Å². The van der Waals surface area contributed by atoms with Crippen LogP contribution in [0.2, 0.25) is 5.02 Å². The molecule has 0 aliphatic carbocycles. The molecule has 3 aromatic rings. The molecule has 140 valence electrons. The molecule has 2 aliphatic rings. The van der Waals surface area contributed by atoms with Gasteiger partial charge in [0.05, 0.1) is 0 Å². The van der Waals surface area contributed by atoms with Gasteiger partial charge in [-0.2, -0.15) is 10.2 Å². The number of halogens is 1. The number of hydrogen-bond acceptors (Lipinski definition) is 5. The maximum atomic E-state index is 12.2. The lowest BCUT2D eigenvalue weighted by molar-refractivity contribution is 0.275. The zero-order valence-electron chi connectivity index (χ0n) is 15.0. The quantitative estimate of drug-likeness (QED) is 0.665. The number of nitrogens with zero attached hydrogens (tertiary/aromatic N) is 4. The summed E-state index contributed by atoms with van der Waals surface area (Å²) in [7, 11) is 0. The number of hydrogen-bond donors (Lipinski definition) is 0. The van der Waals surface area contributed by atoms with Crippen molar-refractivity contribution in [2.75, 3.05) is 18.0 Å². The number of pyridine rings is 1. The summed E-state index contributed by atoms with van der Waals surface area (Å²) in [4.78, 5) is 18.7. The molecule has 2 atom stereocenters. The van der Waals surface area contributed by atoms with E-state index in [-0.39, 0.29) is 17.2 Å². The van der Waals surface area contributed by atoms with Gasteiger partial charge in [-0.05, 0) is 42.7 Å². The Morgan fingerprint density at radius 1 is 1.14 bits per heavy atom. The van der Waals surface area contributed by atoms with Crippen LogP contribution in [0.5, 0.6) is 0 Å². The van der Waals surface area contributed by atoms with E-state index in [1.807, 2.05) is 28.8 Å². The average molecular weight is 393 g/mol. The van der Waals surface area contributed by atoms with E-state index >= 15 is 0 Å². The Morgan fingerprint density at radius 3 is 2.75 bits per heavy atom. The van der Waals surface area contributed by atoms with E-state index in [1.165, 1.54) is 0 Å². The number of aromatic nitrogens is 2. The van der Waals surface area contributed by atoms with Gasteiger partial charge >= 0.3 is 0 Å². The maximum Gasteiger partial charge on any atom is 0.250 e. The number of oxazole rings is 1. The molecule has 1 saturated heterocycles. The monoisotopic (exact) mass is 392 g/mol. The van der Waals surface area contributed by atoms with Gasteiger partial charge in [0.25, 0.3) is 5.56 Å². The summed E-state index contributed by atoms with van der Waals surface area (Å²) in [5, 5.41) is 10.2. The number of fused-ring (bicyclic) bond motifs is 4. The Morgan fingerprint density at radius 2 is 1.96 bits per heavy atom. The molecular formula is C21H17ClN4O2. The highest BCUT2D eigenvalue weighted by Gasteiger charge is 2.36. The van der Waals surface area contributed by atoms with Crippen molar-refractivity contribution in [1.29, 1.82) is 5.26 Å². The number of piperidine rings is 1. The first-order chi connectivity index (χ1) is 13.6. The van der Waals surface area contributed by atoms with Crippen LogP contribution in [0.1, 0.15) is 23.7 Å². The number of nitriles is 1. The predicted molar refractivity (Wildman–Crippen MR) is 105 cm³/mol. The highest BCUT2D eigenvalue weighted by Crippen LogP contribution is 2.39. The molecule has 4 heterocycles. The zero-order valence-corrected chi connectivity index (χ0v) is 15.8. The van der Waals surface area contributed by atoms with Crippen molar-refractivity contribution in [3.05, 3.63) is 69.2 Å². The molecule has 1 fully saturated rings. The molecule has 0 N–H and O–H groups in total. The molecule has 28 heavy (non-hydrogen) atoms. The SMILES string of the molecule is N#Cc1nc(-c2ccc(Cl)cc2)oc1N1CC2CC(C1)c1cccc(=O)n1C2. The fourth-order valence-electron chi connectivity index (χ4n) is 4.38. The lowest BCUT2D eigenvalue weighted by Gasteiger charge is -2.42. The number of rotatable bonds is 2. The molecule has 2 bridgehead atoms. The Kier molecular flexibility index (Phi) is 3.99. The number of benzene rings is 1. The van der Waals surface area contributed by atoms with E-state index in [4.69, 9.17) is 16.0 Å². The highest BCUT2D eigenvalue weighted by atomic mass is 35.5. The molecule has 0 spiro atoms. The van der Waals surface area contributed by atoms with E-state index in [0.717, 1.165) is 24.2 Å². The minimum absolute atomic E-state index is 0.0584. The summed E-state index contributed by atoms with van der Waals surface area (Å²) in [6, 6.07) is 14.8. The van der Waals surface area contributed by atoms with Crippen LogP contribution in [0, 0.1) is 17.2 Å². The predicted octanol–water partition coefficient (Wildman–Crippen LogP) is 3.65. The van der Waals surface area contributed by atoms with Crippen LogP contribution in [-0.4, -0.2) is 22.6 Å². The third-order valence-corrected chi connectivity index (χ3v) is 5.83. The maximum absolute atomic E-state index is 12.2. The summed E-state index contributed by atoms with van der Waals surface area (Å²) in [6.07, 6.45) is 1.04. The van der Waals surface area contributed by atoms with Gasteiger partial charge < -0.3 is 13.9 Å². The molecule has 2 aromatic heterocycles. The van der Waals surface area contributed by atoms with E-state index < -0.39 is 0 Å². The molecule has 1 aromatic carbocycles. The van der Waals surface area contributed by atoms with Crippen molar-refractivity contribution in [2.24, 2.45) is 5.92 Å². The molecule has 7 heteroatoms. The molecule has 2 aliphatic heterocycles. The third-order valence-electron chi connectivity index (χ3n) is 5.57. The molecule has 0 saturated carbocycles. The molecular weight excluding hydrogens is 376 g/mol. The second kappa shape index (κ2) is 6.54. The Balaban J connectivity index is 1.50. The van der Waals surface area contributed by atoms with E-state index in [1.54, 1.807) is 18.2 Å². The smallest absolute Gasteiger partial charge is 0.250 e. The summed E-state index contributed by atoms with van der Waals surface area (Å²) in [5.74, 6) is 1.49. The minimum atomic E-state index is 0.0584. The van der Waals surface area contributed by atoms with E-state index in [2.05, 4.69) is 16.0 Å². The zero-order chi connectivity index (χ0) is 19.3. The van der Waals surface area contributed by atoms with Crippen LogP contribution >= 0.6 is 11.6 Å². The van der Waals surface area contributed by atoms with Crippen molar-refractivity contribution in [2.45, 2.75) is 18.9 Å².